The van der Waals surface area contributed by atoms with Gasteiger partial charge in [0.1, 0.15) is 0 Å². The minimum atomic E-state index is -0.193. The van der Waals surface area contributed by atoms with Crippen molar-refractivity contribution in [3.63, 3.8) is 0 Å². The average Bonchev–Trinajstić information content (AvgIpc) is 2.51. The van der Waals surface area contributed by atoms with E-state index in [9.17, 15) is 4.79 Å². The standard InChI is InChI=1S/C20H39NO2/c1-5-6-7-8-9-10-11-12-13-14-15-16-17-23-20(22)19(2)18-21(3)4/h18H,5-17H2,1-4H3/b19-18+. The highest BCUT2D eigenvalue weighted by atomic mass is 16.5. The van der Waals surface area contributed by atoms with E-state index in [0.29, 0.717) is 12.2 Å². The summed E-state index contributed by atoms with van der Waals surface area (Å²) >= 11 is 0. The van der Waals surface area contributed by atoms with Crippen LogP contribution in [-0.2, 0) is 9.53 Å². The highest BCUT2D eigenvalue weighted by Crippen LogP contribution is 2.12. The fourth-order valence-electron chi connectivity index (χ4n) is 2.66. The van der Waals surface area contributed by atoms with Crippen LogP contribution < -0.4 is 0 Å². The Morgan fingerprint density at radius 1 is 0.826 bits per heavy atom. The van der Waals surface area contributed by atoms with E-state index in [4.69, 9.17) is 4.74 Å². The summed E-state index contributed by atoms with van der Waals surface area (Å²) in [4.78, 5) is 13.5. The molecule has 0 spiro atoms. The molecule has 0 fully saturated rings. The zero-order valence-electron chi connectivity index (χ0n) is 16.0. The first-order valence-electron chi connectivity index (χ1n) is 9.60. The lowest BCUT2D eigenvalue weighted by molar-refractivity contribution is -0.139. The first-order valence-corrected chi connectivity index (χ1v) is 9.60. The topological polar surface area (TPSA) is 29.5 Å². The first-order chi connectivity index (χ1) is 11.1. The summed E-state index contributed by atoms with van der Waals surface area (Å²) in [5.41, 5.74) is 0.661. The molecule has 0 atom stereocenters. The Labute approximate surface area is 144 Å². The quantitative estimate of drug-likeness (QED) is 0.220. The van der Waals surface area contributed by atoms with Crippen LogP contribution in [0.15, 0.2) is 11.8 Å². The minimum absolute atomic E-state index is 0.193. The lowest BCUT2D eigenvalue weighted by Crippen LogP contribution is -2.11. The summed E-state index contributed by atoms with van der Waals surface area (Å²) in [5.74, 6) is -0.193. The molecule has 23 heavy (non-hydrogen) atoms. The molecule has 0 saturated carbocycles. The number of hydrogen-bond donors (Lipinski definition) is 0. The Morgan fingerprint density at radius 3 is 1.70 bits per heavy atom. The van der Waals surface area contributed by atoms with Gasteiger partial charge in [-0.25, -0.2) is 4.79 Å². The van der Waals surface area contributed by atoms with Gasteiger partial charge in [0.05, 0.1) is 6.61 Å². The van der Waals surface area contributed by atoms with Crippen LogP contribution in [0.3, 0.4) is 0 Å². The van der Waals surface area contributed by atoms with Gasteiger partial charge in [-0.05, 0) is 13.3 Å². The Balaban J connectivity index is 3.29. The SMILES string of the molecule is CCCCCCCCCCCCCCOC(=O)/C(C)=C/N(C)C. The second kappa shape index (κ2) is 15.9. The third kappa shape index (κ3) is 15.7. The van der Waals surface area contributed by atoms with Crippen LogP contribution in [0.2, 0.25) is 0 Å². The summed E-state index contributed by atoms with van der Waals surface area (Å²) in [7, 11) is 3.81. The molecule has 3 nitrogen and oxygen atoms in total. The zero-order valence-corrected chi connectivity index (χ0v) is 16.0. The van der Waals surface area contributed by atoms with Gasteiger partial charge in [0.25, 0.3) is 0 Å². The molecule has 0 N–H and O–H groups in total. The van der Waals surface area contributed by atoms with E-state index in [-0.39, 0.29) is 5.97 Å². The van der Waals surface area contributed by atoms with Crippen LogP contribution in [0.25, 0.3) is 0 Å². The molecule has 0 radical (unpaired) electrons. The summed E-state index contributed by atoms with van der Waals surface area (Å²) < 4.78 is 5.26. The summed E-state index contributed by atoms with van der Waals surface area (Å²) in [6.07, 6.45) is 17.7. The molecular formula is C20H39NO2. The van der Waals surface area contributed by atoms with Crippen molar-refractivity contribution >= 4 is 5.97 Å². The molecule has 136 valence electrons. The molecule has 0 aromatic heterocycles. The Kier molecular flexibility index (Phi) is 15.2. The maximum absolute atomic E-state index is 11.7. The fourth-order valence-corrected chi connectivity index (χ4v) is 2.66. The lowest BCUT2D eigenvalue weighted by Gasteiger charge is -2.08. The lowest BCUT2D eigenvalue weighted by atomic mass is 10.1. The number of ether oxygens (including phenoxy) is 1. The van der Waals surface area contributed by atoms with Crippen molar-refractivity contribution in [2.45, 2.75) is 90.9 Å². The average molecular weight is 326 g/mol. The van der Waals surface area contributed by atoms with Gasteiger partial charge >= 0.3 is 5.97 Å². The van der Waals surface area contributed by atoms with Crippen molar-refractivity contribution in [2.75, 3.05) is 20.7 Å². The van der Waals surface area contributed by atoms with Gasteiger partial charge in [0.15, 0.2) is 0 Å². The van der Waals surface area contributed by atoms with Crippen molar-refractivity contribution in [1.82, 2.24) is 4.90 Å². The number of hydrogen-bond acceptors (Lipinski definition) is 3. The normalized spacial score (nSPS) is 11.6. The molecule has 0 aliphatic carbocycles. The largest absolute Gasteiger partial charge is 0.462 e. The van der Waals surface area contributed by atoms with E-state index in [2.05, 4.69) is 6.92 Å². The van der Waals surface area contributed by atoms with Crippen molar-refractivity contribution in [2.24, 2.45) is 0 Å². The molecular weight excluding hydrogens is 286 g/mol. The number of nitrogens with zero attached hydrogens (tertiary/aromatic N) is 1. The monoisotopic (exact) mass is 325 g/mol. The van der Waals surface area contributed by atoms with E-state index >= 15 is 0 Å². The van der Waals surface area contributed by atoms with Crippen LogP contribution in [0.4, 0.5) is 0 Å². The zero-order chi connectivity index (χ0) is 17.3. The molecule has 0 aliphatic heterocycles. The maximum Gasteiger partial charge on any atom is 0.335 e. The predicted octanol–water partition coefficient (Wildman–Crippen LogP) is 5.70. The molecule has 0 heterocycles. The second-order valence-corrected chi connectivity index (χ2v) is 6.80. The number of carbonyl (C=O) groups excluding carboxylic acids is 1. The second-order valence-electron chi connectivity index (χ2n) is 6.80. The van der Waals surface area contributed by atoms with E-state index in [0.717, 1.165) is 6.42 Å². The van der Waals surface area contributed by atoms with Gasteiger partial charge in [-0.15, -0.1) is 0 Å². The van der Waals surface area contributed by atoms with Crippen LogP contribution in [-0.4, -0.2) is 31.6 Å². The van der Waals surface area contributed by atoms with E-state index in [1.54, 1.807) is 13.1 Å². The van der Waals surface area contributed by atoms with E-state index in [1.807, 2.05) is 19.0 Å². The van der Waals surface area contributed by atoms with Gasteiger partial charge in [-0.2, -0.15) is 0 Å². The fraction of sp³-hybridized carbons (Fsp3) is 0.850. The molecule has 0 aliphatic rings. The van der Waals surface area contributed by atoms with Crippen molar-refractivity contribution in [1.29, 1.82) is 0 Å². The molecule has 3 heteroatoms. The van der Waals surface area contributed by atoms with Gasteiger partial charge in [-0.3, -0.25) is 0 Å². The molecule has 0 amide bonds. The third-order valence-electron chi connectivity index (χ3n) is 4.00. The highest BCUT2D eigenvalue weighted by molar-refractivity contribution is 5.87. The maximum atomic E-state index is 11.7. The molecule has 0 aromatic carbocycles. The number of rotatable bonds is 15. The molecule has 0 bridgehead atoms. The molecule has 0 aromatic rings. The van der Waals surface area contributed by atoms with Crippen molar-refractivity contribution < 1.29 is 9.53 Å². The Hall–Kier alpha value is -0.990. The molecule has 0 unspecified atom stereocenters. The first kappa shape index (κ1) is 22.0. The Morgan fingerprint density at radius 2 is 1.26 bits per heavy atom. The smallest absolute Gasteiger partial charge is 0.335 e. The number of carbonyl (C=O) groups is 1. The van der Waals surface area contributed by atoms with Gasteiger partial charge < -0.3 is 9.64 Å². The summed E-state index contributed by atoms with van der Waals surface area (Å²) in [5, 5.41) is 0. The van der Waals surface area contributed by atoms with Gasteiger partial charge in [0.2, 0.25) is 0 Å². The number of unbranched alkanes of at least 4 members (excludes halogenated alkanes) is 11. The summed E-state index contributed by atoms with van der Waals surface area (Å²) in [6, 6.07) is 0. The van der Waals surface area contributed by atoms with E-state index < -0.39 is 0 Å². The highest BCUT2D eigenvalue weighted by Gasteiger charge is 2.05. The van der Waals surface area contributed by atoms with E-state index in [1.165, 1.54) is 70.6 Å². The van der Waals surface area contributed by atoms with Gasteiger partial charge in [-0.1, -0.05) is 77.6 Å². The minimum Gasteiger partial charge on any atom is -0.462 e. The van der Waals surface area contributed by atoms with Crippen LogP contribution in [0.1, 0.15) is 90.9 Å². The van der Waals surface area contributed by atoms with Gasteiger partial charge in [0, 0.05) is 25.9 Å². The summed E-state index contributed by atoms with van der Waals surface area (Å²) in [6.45, 7) is 4.61. The molecule has 0 rings (SSSR count). The number of esters is 1. The Bertz CT molecular complexity index is 311. The van der Waals surface area contributed by atoms with Crippen molar-refractivity contribution in [3.05, 3.63) is 11.8 Å². The molecule has 0 saturated heterocycles. The predicted molar refractivity (Wildman–Crippen MR) is 99.5 cm³/mol. The van der Waals surface area contributed by atoms with Crippen LogP contribution in [0, 0.1) is 0 Å². The van der Waals surface area contributed by atoms with Crippen LogP contribution in [0.5, 0.6) is 0 Å². The third-order valence-corrected chi connectivity index (χ3v) is 4.00. The van der Waals surface area contributed by atoms with Crippen molar-refractivity contribution in [3.8, 4) is 0 Å². The van der Waals surface area contributed by atoms with Crippen LogP contribution >= 0.6 is 0 Å².